The highest BCUT2D eigenvalue weighted by atomic mass is 16.3. The lowest BCUT2D eigenvalue weighted by molar-refractivity contribution is -0.124. The number of hydrogen-bond acceptors (Lipinski definition) is 4. The first-order valence-electron chi connectivity index (χ1n) is 10.1. The van der Waals surface area contributed by atoms with Crippen molar-refractivity contribution < 1.29 is 9.21 Å². The van der Waals surface area contributed by atoms with Crippen LogP contribution in [0.25, 0.3) is 16.6 Å². The summed E-state index contributed by atoms with van der Waals surface area (Å²) >= 11 is 0. The van der Waals surface area contributed by atoms with E-state index in [9.17, 15) is 9.59 Å². The van der Waals surface area contributed by atoms with Gasteiger partial charge in [-0.1, -0.05) is 18.6 Å². The number of furan rings is 1. The Hall–Kier alpha value is -2.83. The fourth-order valence-corrected chi connectivity index (χ4v) is 3.92. The van der Waals surface area contributed by atoms with Gasteiger partial charge in [-0.25, -0.2) is 4.68 Å². The van der Waals surface area contributed by atoms with Crippen LogP contribution < -0.4 is 10.9 Å². The summed E-state index contributed by atoms with van der Waals surface area (Å²) in [6.07, 6.45) is 10.1. The summed E-state index contributed by atoms with van der Waals surface area (Å²) in [6, 6.07) is 2.86. The lowest BCUT2D eigenvalue weighted by Gasteiger charge is -2.17. The molecule has 0 aliphatic heterocycles. The summed E-state index contributed by atoms with van der Waals surface area (Å²) < 4.78 is 8.55. The highest BCUT2D eigenvalue weighted by molar-refractivity contribution is 5.83. The highest BCUT2D eigenvalue weighted by Gasteiger charge is 2.22. The van der Waals surface area contributed by atoms with Gasteiger partial charge in [0.1, 0.15) is 17.4 Å². The molecule has 1 amide bonds. The Balaban J connectivity index is 1.57. The monoisotopic (exact) mass is 382 g/mol. The van der Waals surface area contributed by atoms with Crippen LogP contribution >= 0.6 is 0 Å². The number of fused-ring (bicyclic) bond motifs is 3. The average molecular weight is 382 g/mol. The first kappa shape index (κ1) is 18.5. The van der Waals surface area contributed by atoms with Crippen LogP contribution in [0.2, 0.25) is 0 Å². The standard InChI is InChI=1S/C21H26N4O3/c1-3-19-23-25(21(27)17-13-18-16(24(17)19)10-12-28-18)14(2)20(26)22-11-9-15-7-5-4-6-8-15/h7,10,12-14H,3-6,8-9,11H2,1-2H3,(H,22,26)/t14-/m1/s1. The topological polar surface area (TPSA) is 81.5 Å². The molecule has 148 valence electrons. The van der Waals surface area contributed by atoms with E-state index in [2.05, 4.69) is 16.5 Å². The molecule has 0 unspecified atom stereocenters. The Morgan fingerprint density at radius 1 is 1.36 bits per heavy atom. The fourth-order valence-electron chi connectivity index (χ4n) is 3.92. The second kappa shape index (κ2) is 7.66. The third-order valence-electron chi connectivity index (χ3n) is 5.52. The number of aromatic nitrogens is 3. The summed E-state index contributed by atoms with van der Waals surface area (Å²) in [5, 5.41) is 7.45. The third kappa shape index (κ3) is 3.25. The molecule has 0 radical (unpaired) electrons. The highest BCUT2D eigenvalue weighted by Crippen LogP contribution is 2.21. The van der Waals surface area contributed by atoms with E-state index < -0.39 is 6.04 Å². The van der Waals surface area contributed by atoms with Gasteiger partial charge in [0.25, 0.3) is 5.56 Å². The predicted molar refractivity (Wildman–Crippen MR) is 107 cm³/mol. The van der Waals surface area contributed by atoms with Crippen molar-refractivity contribution in [1.29, 1.82) is 0 Å². The molecular weight excluding hydrogens is 356 g/mol. The third-order valence-corrected chi connectivity index (χ3v) is 5.52. The fraction of sp³-hybridized carbons (Fsp3) is 0.476. The van der Waals surface area contributed by atoms with Gasteiger partial charge in [-0.2, -0.15) is 5.10 Å². The molecule has 0 saturated carbocycles. The van der Waals surface area contributed by atoms with Crippen LogP contribution in [0.5, 0.6) is 0 Å². The molecule has 28 heavy (non-hydrogen) atoms. The molecule has 7 nitrogen and oxygen atoms in total. The summed E-state index contributed by atoms with van der Waals surface area (Å²) in [4.78, 5) is 25.6. The molecule has 4 rings (SSSR count). The van der Waals surface area contributed by atoms with E-state index in [1.54, 1.807) is 19.3 Å². The van der Waals surface area contributed by atoms with Crippen LogP contribution in [-0.4, -0.2) is 26.6 Å². The molecule has 7 heteroatoms. The van der Waals surface area contributed by atoms with E-state index in [0.717, 1.165) is 30.6 Å². The van der Waals surface area contributed by atoms with Crippen LogP contribution in [0.15, 0.2) is 39.3 Å². The van der Waals surface area contributed by atoms with Gasteiger partial charge in [-0.15, -0.1) is 0 Å². The van der Waals surface area contributed by atoms with Crippen molar-refractivity contribution in [2.24, 2.45) is 0 Å². The first-order valence-corrected chi connectivity index (χ1v) is 10.1. The number of rotatable bonds is 6. The summed E-state index contributed by atoms with van der Waals surface area (Å²) in [6.45, 7) is 4.28. The molecule has 0 bridgehead atoms. The van der Waals surface area contributed by atoms with E-state index >= 15 is 0 Å². The van der Waals surface area contributed by atoms with Gasteiger partial charge in [-0.05, 0) is 39.0 Å². The number of allylic oxidation sites excluding steroid dienone is 1. The molecule has 0 fully saturated rings. The Labute approximate surface area is 163 Å². The number of hydrogen-bond donors (Lipinski definition) is 1. The minimum atomic E-state index is -0.677. The molecule has 3 aromatic heterocycles. The van der Waals surface area contributed by atoms with Crippen molar-refractivity contribution >= 4 is 22.5 Å². The maximum absolute atomic E-state index is 13.0. The van der Waals surface area contributed by atoms with Crippen LogP contribution in [0.4, 0.5) is 0 Å². The molecule has 1 N–H and O–H groups in total. The molecular formula is C21H26N4O3. The molecule has 0 spiro atoms. The number of carbonyl (C=O) groups excluding carboxylic acids is 1. The smallest absolute Gasteiger partial charge is 0.291 e. The lowest BCUT2D eigenvalue weighted by atomic mass is 9.97. The first-order chi connectivity index (χ1) is 13.6. The molecule has 1 aliphatic carbocycles. The molecule has 0 saturated heterocycles. The number of nitrogens with zero attached hydrogens (tertiary/aromatic N) is 3. The molecule has 3 heterocycles. The Bertz CT molecular complexity index is 1100. The zero-order chi connectivity index (χ0) is 19.7. The van der Waals surface area contributed by atoms with Gasteiger partial charge in [0.15, 0.2) is 5.58 Å². The predicted octanol–water partition coefficient (Wildman–Crippen LogP) is 3.37. The van der Waals surface area contributed by atoms with Crippen LogP contribution in [0, 0.1) is 0 Å². The Morgan fingerprint density at radius 3 is 2.96 bits per heavy atom. The van der Waals surface area contributed by atoms with Crippen molar-refractivity contribution in [2.45, 2.75) is 58.4 Å². The van der Waals surface area contributed by atoms with Gasteiger partial charge < -0.3 is 9.73 Å². The quantitative estimate of drug-likeness (QED) is 0.663. The van der Waals surface area contributed by atoms with Crippen molar-refractivity contribution in [2.75, 3.05) is 6.54 Å². The summed E-state index contributed by atoms with van der Waals surface area (Å²) in [5.41, 5.74) is 3.07. The van der Waals surface area contributed by atoms with Crippen molar-refractivity contribution in [3.8, 4) is 0 Å². The van der Waals surface area contributed by atoms with E-state index in [4.69, 9.17) is 4.42 Å². The molecule has 1 atom stereocenters. The van der Waals surface area contributed by atoms with Crippen LogP contribution in [0.1, 0.15) is 57.8 Å². The zero-order valence-corrected chi connectivity index (χ0v) is 16.4. The van der Waals surface area contributed by atoms with Gasteiger partial charge in [0.05, 0.1) is 11.8 Å². The Morgan fingerprint density at radius 2 is 2.21 bits per heavy atom. The second-order valence-electron chi connectivity index (χ2n) is 7.38. The van der Waals surface area contributed by atoms with Gasteiger partial charge in [0.2, 0.25) is 5.91 Å². The second-order valence-corrected chi connectivity index (χ2v) is 7.38. The largest absolute Gasteiger partial charge is 0.463 e. The minimum Gasteiger partial charge on any atom is -0.463 e. The summed E-state index contributed by atoms with van der Waals surface area (Å²) in [5.74, 6) is 0.533. The van der Waals surface area contributed by atoms with E-state index in [1.165, 1.54) is 23.1 Å². The lowest BCUT2D eigenvalue weighted by Crippen LogP contribution is -2.38. The minimum absolute atomic E-state index is 0.187. The Kier molecular flexibility index (Phi) is 5.07. The number of nitrogens with one attached hydrogen (secondary N) is 1. The van der Waals surface area contributed by atoms with E-state index in [1.807, 2.05) is 17.4 Å². The zero-order valence-electron chi connectivity index (χ0n) is 16.4. The molecule has 0 aromatic carbocycles. The van der Waals surface area contributed by atoms with Gasteiger partial charge in [0, 0.05) is 25.1 Å². The van der Waals surface area contributed by atoms with Crippen LogP contribution in [-0.2, 0) is 11.2 Å². The van der Waals surface area contributed by atoms with Gasteiger partial charge in [-0.3, -0.25) is 14.0 Å². The maximum Gasteiger partial charge on any atom is 0.291 e. The van der Waals surface area contributed by atoms with E-state index in [-0.39, 0.29) is 11.5 Å². The SMILES string of the molecule is CCc1nn([C@H](C)C(=O)NCCC2=CCCCC2)c(=O)c2cc3occc3n12. The normalized spacial score (nSPS) is 15.7. The maximum atomic E-state index is 13.0. The number of carbonyl (C=O) groups is 1. The molecule has 1 aliphatic rings. The van der Waals surface area contributed by atoms with E-state index in [0.29, 0.717) is 24.1 Å². The molecule has 3 aromatic rings. The number of amides is 1. The average Bonchev–Trinajstić information content (AvgIpc) is 3.31. The van der Waals surface area contributed by atoms with Crippen molar-refractivity contribution in [1.82, 2.24) is 19.5 Å². The summed E-state index contributed by atoms with van der Waals surface area (Å²) in [7, 11) is 0. The van der Waals surface area contributed by atoms with Crippen molar-refractivity contribution in [3.05, 3.63) is 46.2 Å². The van der Waals surface area contributed by atoms with Crippen molar-refractivity contribution in [3.63, 3.8) is 0 Å². The van der Waals surface area contributed by atoms with Crippen LogP contribution in [0.3, 0.4) is 0 Å². The number of aryl methyl sites for hydroxylation is 1. The van der Waals surface area contributed by atoms with Gasteiger partial charge >= 0.3 is 0 Å².